The predicted octanol–water partition coefficient (Wildman–Crippen LogP) is 2.32. The van der Waals surface area contributed by atoms with Gasteiger partial charge in [-0.25, -0.2) is 0 Å². The summed E-state index contributed by atoms with van der Waals surface area (Å²) >= 11 is 0. The summed E-state index contributed by atoms with van der Waals surface area (Å²) in [7, 11) is 0. The van der Waals surface area contributed by atoms with Crippen LogP contribution in [-0.4, -0.2) is 17.0 Å². The van der Waals surface area contributed by atoms with E-state index in [1.165, 1.54) is 25.7 Å². The fourth-order valence-electron chi connectivity index (χ4n) is 2.79. The van der Waals surface area contributed by atoms with Gasteiger partial charge < -0.3 is 9.88 Å². The van der Waals surface area contributed by atoms with E-state index >= 15 is 0 Å². The van der Waals surface area contributed by atoms with Crippen LogP contribution in [0.25, 0.3) is 0 Å². The third kappa shape index (κ3) is 4.51. The molecule has 1 aromatic rings. The SMILES string of the molecule is O=C(NCCCn1ccccc1=O)C1CCCCCC1. The molecule has 0 spiro atoms. The molecule has 0 radical (unpaired) electrons. The standard InChI is InChI=1S/C16H24N2O2/c19-15-10-5-6-12-18(15)13-7-11-17-16(20)14-8-3-1-2-4-9-14/h5-6,10,12,14H,1-4,7-9,11,13H2,(H,17,20). The Kier molecular flexibility index (Phi) is 5.84. The molecular formula is C16H24N2O2. The van der Waals surface area contributed by atoms with Gasteiger partial charge >= 0.3 is 0 Å². The second kappa shape index (κ2) is 7.88. The molecule has 20 heavy (non-hydrogen) atoms. The van der Waals surface area contributed by atoms with Gasteiger partial charge in [0.2, 0.25) is 11.5 Å². The molecule has 1 aliphatic rings. The van der Waals surface area contributed by atoms with Crippen LogP contribution in [0.2, 0.25) is 0 Å². The lowest BCUT2D eigenvalue weighted by Gasteiger charge is -2.14. The first-order valence-electron chi connectivity index (χ1n) is 7.70. The molecule has 1 saturated carbocycles. The zero-order chi connectivity index (χ0) is 14.2. The van der Waals surface area contributed by atoms with Gasteiger partial charge in [0, 0.05) is 31.3 Å². The van der Waals surface area contributed by atoms with Crippen molar-refractivity contribution < 1.29 is 4.79 Å². The topological polar surface area (TPSA) is 51.1 Å². The van der Waals surface area contributed by atoms with E-state index in [0.29, 0.717) is 13.1 Å². The summed E-state index contributed by atoms with van der Waals surface area (Å²) in [6.45, 7) is 1.31. The zero-order valence-corrected chi connectivity index (χ0v) is 12.0. The summed E-state index contributed by atoms with van der Waals surface area (Å²) in [4.78, 5) is 23.6. The molecule has 110 valence electrons. The Morgan fingerprint density at radius 2 is 1.95 bits per heavy atom. The smallest absolute Gasteiger partial charge is 0.250 e. The van der Waals surface area contributed by atoms with Crippen LogP contribution in [0, 0.1) is 5.92 Å². The first-order valence-corrected chi connectivity index (χ1v) is 7.70. The first-order chi connectivity index (χ1) is 9.77. The number of amides is 1. The Morgan fingerprint density at radius 1 is 1.20 bits per heavy atom. The first kappa shape index (κ1) is 14.8. The van der Waals surface area contributed by atoms with Gasteiger partial charge in [0.15, 0.2) is 0 Å². The van der Waals surface area contributed by atoms with Gasteiger partial charge in [0.25, 0.3) is 0 Å². The van der Waals surface area contributed by atoms with E-state index in [1.807, 2.05) is 6.07 Å². The number of carbonyl (C=O) groups is 1. The van der Waals surface area contributed by atoms with E-state index in [-0.39, 0.29) is 17.4 Å². The number of aryl methyl sites for hydroxylation is 1. The van der Waals surface area contributed by atoms with Crippen molar-refractivity contribution in [3.63, 3.8) is 0 Å². The van der Waals surface area contributed by atoms with Crippen molar-refractivity contribution in [1.29, 1.82) is 0 Å². The van der Waals surface area contributed by atoms with Crippen molar-refractivity contribution in [2.45, 2.75) is 51.5 Å². The lowest BCUT2D eigenvalue weighted by atomic mass is 9.99. The highest BCUT2D eigenvalue weighted by molar-refractivity contribution is 5.78. The number of nitrogens with one attached hydrogen (secondary N) is 1. The number of hydrogen-bond donors (Lipinski definition) is 1. The van der Waals surface area contributed by atoms with Crippen LogP contribution in [-0.2, 0) is 11.3 Å². The molecule has 0 aliphatic heterocycles. The number of carbonyl (C=O) groups excluding carboxylic acids is 1. The molecule has 1 heterocycles. The fraction of sp³-hybridized carbons (Fsp3) is 0.625. The largest absolute Gasteiger partial charge is 0.356 e. The second-order valence-corrected chi connectivity index (χ2v) is 5.57. The molecule has 1 amide bonds. The van der Waals surface area contributed by atoms with E-state index in [4.69, 9.17) is 0 Å². The number of aromatic nitrogens is 1. The molecular weight excluding hydrogens is 252 g/mol. The predicted molar refractivity (Wildman–Crippen MR) is 79.5 cm³/mol. The van der Waals surface area contributed by atoms with Gasteiger partial charge in [0.1, 0.15) is 0 Å². The summed E-state index contributed by atoms with van der Waals surface area (Å²) in [6.07, 6.45) is 9.53. The molecule has 0 unspecified atom stereocenters. The quantitative estimate of drug-likeness (QED) is 0.663. The highest BCUT2D eigenvalue weighted by Gasteiger charge is 2.19. The molecule has 0 atom stereocenters. The van der Waals surface area contributed by atoms with Crippen molar-refractivity contribution >= 4 is 5.91 Å². The second-order valence-electron chi connectivity index (χ2n) is 5.57. The van der Waals surface area contributed by atoms with Gasteiger partial charge in [0.05, 0.1) is 0 Å². The van der Waals surface area contributed by atoms with Gasteiger partial charge in [-0.3, -0.25) is 9.59 Å². The minimum absolute atomic E-state index is 0.0163. The molecule has 0 bridgehead atoms. The van der Waals surface area contributed by atoms with Crippen molar-refractivity contribution in [2.24, 2.45) is 5.92 Å². The maximum Gasteiger partial charge on any atom is 0.250 e. The Balaban J connectivity index is 1.69. The van der Waals surface area contributed by atoms with Crippen molar-refractivity contribution in [1.82, 2.24) is 9.88 Å². The summed E-state index contributed by atoms with van der Waals surface area (Å²) in [5.74, 6) is 0.407. The maximum atomic E-state index is 12.0. The lowest BCUT2D eigenvalue weighted by molar-refractivity contribution is -0.125. The minimum atomic E-state index is 0.0163. The molecule has 1 aliphatic carbocycles. The van der Waals surface area contributed by atoms with Gasteiger partial charge in [-0.1, -0.05) is 31.7 Å². The number of pyridine rings is 1. The van der Waals surface area contributed by atoms with Crippen LogP contribution in [0.1, 0.15) is 44.9 Å². The number of hydrogen-bond acceptors (Lipinski definition) is 2. The van der Waals surface area contributed by atoms with Crippen LogP contribution in [0.3, 0.4) is 0 Å². The van der Waals surface area contributed by atoms with E-state index < -0.39 is 0 Å². The van der Waals surface area contributed by atoms with Gasteiger partial charge in [-0.2, -0.15) is 0 Å². The number of nitrogens with zero attached hydrogens (tertiary/aromatic N) is 1. The Hall–Kier alpha value is -1.58. The fourth-order valence-corrected chi connectivity index (χ4v) is 2.79. The highest BCUT2D eigenvalue weighted by atomic mass is 16.2. The zero-order valence-electron chi connectivity index (χ0n) is 12.0. The lowest BCUT2D eigenvalue weighted by Crippen LogP contribution is -2.32. The molecule has 1 aromatic heterocycles. The Labute approximate surface area is 120 Å². The van der Waals surface area contributed by atoms with Crippen molar-refractivity contribution in [2.75, 3.05) is 6.54 Å². The van der Waals surface area contributed by atoms with Crippen LogP contribution >= 0.6 is 0 Å². The molecule has 4 heteroatoms. The van der Waals surface area contributed by atoms with Gasteiger partial charge in [-0.05, 0) is 25.3 Å². The molecule has 0 aromatic carbocycles. The Morgan fingerprint density at radius 3 is 2.65 bits per heavy atom. The van der Waals surface area contributed by atoms with Crippen molar-refractivity contribution in [3.05, 3.63) is 34.7 Å². The van der Waals surface area contributed by atoms with E-state index in [0.717, 1.165) is 19.3 Å². The minimum Gasteiger partial charge on any atom is -0.356 e. The van der Waals surface area contributed by atoms with Crippen LogP contribution in [0.15, 0.2) is 29.2 Å². The maximum absolute atomic E-state index is 12.0. The Bertz CT molecular complexity index is 473. The number of rotatable bonds is 5. The summed E-state index contributed by atoms with van der Waals surface area (Å²) in [6, 6.07) is 5.16. The van der Waals surface area contributed by atoms with E-state index in [1.54, 1.807) is 22.9 Å². The van der Waals surface area contributed by atoms with E-state index in [2.05, 4.69) is 5.32 Å². The normalized spacial score (nSPS) is 16.6. The molecule has 4 nitrogen and oxygen atoms in total. The highest BCUT2D eigenvalue weighted by Crippen LogP contribution is 2.22. The van der Waals surface area contributed by atoms with Crippen LogP contribution in [0.5, 0.6) is 0 Å². The average Bonchev–Trinajstić information content (AvgIpc) is 2.74. The average molecular weight is 276 g/mol. The third-order valence-electron chi connectivity index (χ3n) is 4.00. The van der Waals surface area contributed by atoms with E-state index in [9.17, 15) is 9.59 Å². The third-order valence-corrected chi connectivity index (χ3v) is 4.00. The van der Waals surface area contributed by atoms with Gasteiger partial charge in [-0.15, -0.1) is 0 Å². The molecule has 1 N–H and O–H groups in total. The molecule has 1 fully saturated rings. The van der Waals surface area contributed by atoms with Crippen LogP contribution in [0.4, 0.5) is 0 Å². The van der Waals surface area contributed by atoms with Crippen molar-refractivity contribution in [3.8, 4) is 0 Å². The summed E-state index contributed by atoms with van der Waals surface area (Å²) in [5, 5.41) is 3.02. The summed E-state index contributed by atoms with van der Waals surface area (Å²) in [5.41, 5.74) is 0.0163. The molecule has 2 rings (SSSR count). The molecule has 0 saturated heterocycles. The summed E-state index contributed by atoms with van der Waals surface area (Å²) < 4.78 is 1.68. The monoisotopic (exact) mass is 276 g/mol. The van der Waals surface area contributed by atoms with Crippen LogP contribution < -0.4 is 10.9 Å².